The van der Waals surface area contributed by atoms with E-state index in [1.54, 1.807) is 7.11 Å². The second-order valence-corrected chi connectivity index (χ2v) is 6.92. The van der Waals surface area contributed by atoms with E-state index < -0.39 is 0 Å². The van der Waals surface area contributed by atoms with Crippen molar-refractivity contribution < 1.29 is 4.74 Å². The molecule has 0 aliphatic heterocycles. The molecule has 1 aromatic carbocycles. The molecule has 0 radical (unpaired) electrons. The van der Waals surface area contributed by atoms with Crippen molar-refractivity contribution in [3.05, 3.63) is 28.2 Å². The minimum Gasteiger partial charge on any atom is -0.496 e. The number of ether oxygens (including phenoxy) is 1. The van der Waals surface area contributed by atoms with Gasteiger partial charge in [-0.05, 0) is 67.8 Å². The fourth-order valence-corrected chi connectivity index (χ4v) is 3.85. The van der Waals surface area contributed by atoms with Crippen molar-refractivity contribution >= 4 is 15.9 Å². The first-order chi connectivity index (χ1) is 9.63. The van der Waals surface area contributed by atoms with Gasteiger partial charge in [-0.25, -0.2) is 0 Å². The molecule has 0 amide bonds. The SMILES string of the molecule is CCNC1CCC(C)CC1Cc1cc(Br)ccc1OC. The van der Waals surface area contributed by atoms with E-state index in [1.165, 1.54) is 24.8 Å². The minimum atomic E-state index is 0.653. The fourth-order valence-electron chi connectivity index (χ4n) is 3.44. The van der Waals surface area contributed by atoms with E-state index in [9.17, 15) is 0 Å². The Labute approximate surface area is 131 Å². The first-order valence-corrected chi connectivity index (χ1v) is 8.49. The van der Waals surface area contributed by atoms with Gasteiger partial charge in [-0.2, -0.15) is 0 Å². The van der Waals surface area contributed by atoms with E-state index in [-0.39, 0.29) is 0 Å². The summed E-state index contributed by atoms with van der Waals surface area (Å²) < 4.78 is 6.66. The minimum absolute atomic E-state index is 0.653. The fraction of sp³-hybridized carbons (Fsp3) is 0.647. The number of halogens is 1. The van der Waals surface area contributed by atoms with Gasteiger partial charge in [-0.3, -0.25) is 0 Å². The first kappa shape index (κ1) is 15.8. The summed E-state index contributed by atoms with van der Waals surface area (Å²) in [5, 5.41) is 3.67. The number of nitrogens with one attached hydrogen (secondary N) is 1. The second kappa shape index (κ2) is 7.46. The summed E-state index contributed by atoms with van der Waals surface area (Å²) in [5.74, 6) is 2.57. The van der Waals surface area contributed by atoms with E-state index >= 15 is 0 Å². The molecule has 1 aliphatic rings. The Morgan fingerprint density at radius 1 is 1.35 bits per heavy atom. The van der Waals surface area contributed by atoms with E-state index in [0.717, 1.165) is 29.1 Å². The summed E-state index contributed by atoms with van der Waals surface area (Å²) in [6, 6.07) is 6.97. The molecule has 1 aromatic rings. The Bertz CT molecular complexity index is 435. The van der Waals surface area contributed by atoms with Crippen molar-refractivity contribution in [2.75, 3.05) is 13.7 Å². The van der Waals surface area contributed by atoms with Crippen molar-refractivity contribution in [2.45, 2.75) is 45.6 Å². The predicted molar refractivity (Wildman–Crippen MR) is 88.4 cm³/mol. The molecular weight excluding hydrogens is 314 g/mol. The van der Waals surface area contributed by atoms with Crippen LogP contribution in [0.3, 0.4) is 0 Å². The van der Waals surface area contributed by atoms with Crippen LogP contribution in [0.5, 0.6) is 5.75 Å². The van der Waals surface area contributed by atoms with Crippen LogP contribution in [-0.2, 0) is 6.42 Å². The molecule has 1 aliphatic carbocycles. The monoisotopic (exact) mass is 339 g/mol. The van der Waals surface area contributed by atoms with Gasteiger partial charge in [-0.15, -0.1) is 0 Å². The van der Waals surface area contributed by atoms with Crippen molar-refractivity contribution in [3.63, 3.8) is 0 Å². The van der Waals surface area contributed by atoms with Gasteiger partial charge in [0.25, 0.3) is 0 Å². The Morgan fingerprint density at radius 3 is 2.85 bits per heavy atom. The summed E-state index contributed by atoms with van der Waals surface area (Å²) in [6.45, 7) is 5.65. The smallest absolute Gasteiger partial charge is 0.122 e. The van der Waals surface area contributed by atoms with Crippen molar-refractivity contribution in [3.8, 4) is 5.75 Å². The molecule has 20 heavy (non-hydrogen) atoms. The van der Waals surface area contributed by atoms with Crippen LogP contribution < -0.4 is 10.1 Å². The number of methoxy groups -OCH3 is 1. The van der Waals surface area contributed by atoms with Crippen LogP contribution in [0.15, 0.2) is 22.7 Å². The molecule has 1 N–H and O–H groups in total. The molecule has 2 nitrogen and oxygen atoms in total. The number of benzene rings is 1. The standard InChI is InChI=1S/C17H26BrNO/c1-4-19-16-7-5-12(2)9-13(16)10-14-11-15(18)6-8-17(14)20-3/h6,8,11-13,16,19H,4-5,7,9-10H2,1-3H3. The molecule has 3 heteroatoms. The van der Waals surface area contributed by atoms with Crippen LogP contribution in [0, 0.1) is 11.8 Å². The Morgan fingerprint density at radius 2 is 2.15 bits per heavy atom. The largest absolute Gasteiger partial charge is 0.496 e. The molecule has 0 spiro atoms. The van der Waals surface area contributed by atoms with Crippen molar-refractivity contribution in [2.24, 2.45) is 11.8 Å². The molecule has 0 aromatic heterocycles. The zero-order valence-electron chi connectivity index (χ0n) is 12.8. The second-order valence-electron chi connectivity index (χ2n) is 6.00. The molecule has 2 rings (SSSR count). The van der Waals surface area contributed by atoms with Gasteiger partial charge in [0.15, 0.2) is 0 Å². The van der Waals surface area contributed by atoms with Gasteiger partial charge < -0.3 is 10.1 Å². The van der Waals surface area contributed by atoms with Gasteiger partial charge in [-0.1, -0.05) is 29.8 Å². The van der Waals surface area contributed by atoms with Gasteiger partial charge in [0.05, 0.1) is 7.11 Å². The molecule has 112 valence electrons. The van der Waals surface area contributed by atoms with Crippen LogP contribution in [0.2, 0.25) is 0 Å². The normalized spacial score (nSPS) is 26.5. The van der Waals surface area contributed by atoms with Crippen LogP contribution in [0.1, 0.15) is 38.7 Å². The van der Waals surface area contributed by atoms with Crippen LogP contribution >= 0.6 is 15.9 Å². The highest BCUT2D eigenvalue weighted by Gasteiger charge is 2.28. The Kier molecular flexibility index (Phi) is 5.91. The molecular formula is C17H26BrNO. The summed E-state index contributed by atoms with van der Waals surface area (Å²) in [6.07, 6.45) is 5.07. The lowest BCUT2D eigenvalue weighted by molar-refractivity contribution is 0.213. The van der Waals surface area contributed by atoms with Gasteiger partial charge in [0.1, 0.15) is 5.75 Å². The maximum atomic E-state index is 5.52. The number of hydrogen-bond acceptors (Lipinski definition) is 2. The maximum Gasteiger partial charge on any atom is 0.122 e. The molecule has 3 atom stereocenters. The summed E-state index contributed by atoms with van der Waals surface area (Å²) in [7, 11) is 1.76. The predicted octanol–water partition coefficient (Wildman–Crippen LogP) is 4.41. The quantitative estimate of drug-likeness (QED) is 0.857. The number of hydrogen-bond donors (Lipinski definition) is 1. The molecule has 1 fully saturated rings. The van der Waals surface area contributed by atoms with Crippen LogP contribution in [-0.4, -0.2) is 19.7 Å². The third-order valence-corrected chi connectivity index (χ3v) is 4.93. The molecule has 3 unspecified atom stereocenters. The van der Waals surface area contributed by atoms with Gasteiger partial charge in [0, 0.05) is 10.5 Å². The zero-order chi connectivity index (χ0) is 14.5. The highest BCUT2D eigenvalue weighted by Crippen LogP contribution is 2.34. The molecule has 0 saturated heterocycles. The van der Waals surface area contributed by atoms with E-state index in [1.807, 2.05) is 6.07 Å². The lowest BCUT2D eigenvalue weighted by Crippen LogP contribution is -2.41. The highest BCUT2D eigenvalue weighted by atomic mass is 79.9. The third-order valence-electron chi connectivity index (χ3n) is 4.44. The molecule has 0 heterocycles. The zero-order valence-corrected chi connectivity index (χ0v) is 14.4. The third kappa shape index (κ3) is 3.98. The topological polar surface area (TPSA) is 21.3 Å². The van der Waals surface area contributed by atoms with E-state index in [0.29, 0.717) is 12.0 Å². The Balaban J connectivity index is 2.14. The van der Waals surface area contributed by atoms with Gasteiger partial charge >= 0.3 is 0 Å². The van der Waals surface area contributed by atoms with Crippen molar-refractivity contribution in [1.29, 1.82) is 0 Å². The van der Waals surface area contributed by atoms with Crippen LogP contribution in [0.25, 0.3) is 0 Å². The lowest BCUT2D eigenvalue weighted by atomic mass is 9.76. The average Bonchev–Trinajstić information content (AvgIpc) is 2.42. The van der Waals surface area contributed by atoms with Crippen molar-refractivity contribution in [1.82, 2.24) is 5.32 Å². The maximum absolute atomic E-state index is 5.52. The number of rotatable bonds is 5. The summed E-state index contributed by atoms with van der Waals surface area (Å²) in [4.78, 5) is 0. The molecule has 1 saturated carbocycles. The lowest BCUT2D eigenvalue weighted by Gasteiger charge is -2.35. The Hall–Kier alpha value is -0.540. The summed E-state index contributed by atoms with van der Waals surface area (Å²) in [5.41, 5.74) is 1.32. The van der Waals surface area contributed by atoms with Gasteiger partial charge in [0.2, 0.25) is 0 Å². The highest BCUT2D eigenvalue weighted by molar-refractivity contribution is 9.10. The summed E-state index contributed by atoms with van der Waals surface area (Å²) >= 11 is 3.58. The van der Waals surface area contributed by atoms with E-state index in [2.05, 4.69) is 47.2 Å². The first-order valence-electron chi connectivity index (χ1n) is 7.69. The average molecular weight is 340 g/mol. The van der Waals surface area contributed by atoms with Crippen LogP contribution in [0.4, 0.5) is 0 Å². The molecule has 0 bridgehead atoms. The van der Waals surface area contributed by atoms with E-state index in [4.69, 9.17) is 4.74 Å².